The summed E-state index contributed by atoms with van der Waals surface area (Å²) in [6, 6.07) is 0.678. The van der Waals surface area contributed by atoms with E-state index in [2.05, 4.69) is 42.8 Å². The molecule has 1 spiro atoms. The van der Waals surface area contributed by atoms with E-state index in [-0.39, 0.29) is 36.7 Å². The summed E-state index contributed by atoms with van der Waals surface area (Å²) < 4.78 is 26.3. The summed E-state index contributed by atoms with van der Waals surface area (Å²) in [5, 5.41) is 3.34. The number of nitrogens with one attached hydrogen (secondary N) is 1. The minimum absolute atomic E-state index is 0.0183. The van der Waals surface area contributed by atoms with Crippen LogP contribution in [0, 0.1) is 52.3 Å². The van der Waals surface area contributed by atoms with Gasteiger partial charge in [-0.25, -0.2) is 4.39 Å². The number of piperazine rings is 1. The van der Waals surface area contributed by atoms with Crippen molar-refractivity contribution in [2.24, 2.45) is 52.3 Å². The molecule has 0 aromatic rings. The van der Waals surface area contributed by atoms with Gasteiger partial charge in [0.15, 0.2) is 5.79 Å². The van der Waals surface area contributed by atoms with E-state index in [1.54, 1.807) is 0 Å². The maximum Gasteiger partial charge on any atom is 0.232 e. The van der Waals surface area contributed by atoms with Gasteiger partial charge in [0.25, 0.3) is 0 Å². The Morgan fingerprint density at radius 2 is 1.60 bits per heavy atom. The van der Waals surface area contributed by atoms with Crippen molar-refractivity contribution in [3.63, 3.8) is 0 Å². The molecule has 1 N–H and O–H groups in total. The van der Waals surface area contributed by atoms with Crippen molar-refractivity contribution in [1.29, 1.82) is 0 Å². The summed E-state index contributed by atoms with van der Waals surface area (Å²) in [5.74, 6) is 4.25. The zero-order valence-corrected chi connectivity index (χ0v) is 31.7. The molecule has 282 valence electrons. The Labute approximate surface area is 301 Å². The highest BCUT2D eigenvalue weighted by Crippen LogP contribution is 2.71. The largest absolute Gasteiger partial charge is 0.353 e. The van der Waals surface area contributed by atoms with Gasteiger partial charge in [0, 0.05) is 70.2 Å². The lowest BCUT2D eigenvalue weighted by molar-refractivity contribution is -0.273. The summed E-state index contributed by atoms with van der Waals surface area (Å²) in [7, 11) is 0. The van der Waals surface area contributed by atoms with Crippen LogP contribution in [-0.4, -0.2) is 110 Å². The molecule has 8 fully saturated rings. The van der Waals surface area contributed by atoms with E-state index in [1.165, 1.54) is 44.9 Å². The molecule has 8 nitrogen and oxygen atoms in total. The number of hydrogen-bond acceptors (Lipinski definition) is 6. The van der Waals surface area contributed by atoms with Gasteiger partial charge in [0.1, 0.15) is 13.1 Å². The highest BCUT2D eigenvalue weighted by atomic mass is 19.1. The number of halogens is 1. The Morgan fingerprint density at radius 3 is 2.32 bits per heavy atom. The predicted molar refractivity (Wildman–Crippen MR) is 192 cm³/mol. The molecular weight excluding hydrogens is 631 g/mol. The molecule has 2 unspecified atom stereocenters. The average molecular weight is 699 g/mol. The molecule has 4 heterocycles. The highest BCUT2D eigenvalue weighted by Gasteiger charge is 2.69. The van der Waals surface area contributed by atoms with Crippen LogP contribution >= 0.6 is 0 Å². The van der Waals surface area contributed by atoms with Crippen molar-refractivity contribution in [2.75, 3.05) is 59.1 Å². The van der Waals surface area contributed by atoms with Gasteiger partial charge in [-0.2, -0.15) is 0 Å². The average Bonchev–Trinajstić information content (AvgIpc) is 3.56. The van der Waals surface area contributed by atoms with Crippen molar-refractivity contribution in [1.82, 2.24) is 20.0 Å². The molecule has 8 aliphatic rings. The standard InChI is InChI=1S/C41H67FN4O4/c1-27-7-14-41(49-26-27)28(2)38-35(50-41)24-34-32-6-5-29-23-30(8-12-39(29,3)33(32)9-13-40(34,38)4)43-36(47)25-37(48)46-16-10-31(11-17-46)45-21-19-44(18-15-42)20-22-45/h27-35,38H,5-26H2,1-4H3,(H,43,47)/t27-,28+,29-,30?,32-,33?,34+,35+,38+,39+,40+,41-/m1/s1. The molecule has 12 atom stereocenters. The Balaban J connectivity index is 0.812. The van der Waals surface area contributed by atoms with Crippen LogP contribution < -0.4 is 5.32 Å². The normalized spacial score (nSPS) is 47.0. The monoisotopic (exact) mass is 699 g/mol. The number of fused-ring (bicyclic) bond motifs is 7. The molecule has 4 aliphatic heterocycles. The second-order valence-electron chi connectivity index (χ2n) is 19.1. The molecule has 4 aliphatic carbocycles. The lowest BCUT2D eigenvalue weighted by atomic mass is 9.44. The van der Waals surface area contributed by atoms with Crippen LogP contribution in [0.5, 0.6) is 0 Å². The van der Waals surface area contributed by atoms with E-state index in [0.717, 1.165) is 95.7 Å². The van der Waals surface area contributed by atoms with Gasteiger partial charge in [-0.15, -0.1) is 0 Å². The third-order valence-corrected chi connectivity index (χ3v) is 16.8. The quantitative estimate of drug-likeness (QED) is 0.349. The van der Waals surface area contributed by atoms with Gasteiger partial charge in [-0.3, -0.25) is 19.4 Å². The number of nitrogens with zero attached hydrogens (tertiary/aromatic N) is 3. The smallest absolute Gasteiger partial charge is 0.232 e. The van der Waals surface area contributed by atoms with Crippen LogP contribution in [0.1, 0.15) is 111 Å². The number of amides is 2. The van der Waals surface area contributed by atoms with Crippen LogP contribution in [0.25, 0.3) is 0 Å². The Kier molecular flexibility index (Phi) is 9.89. The number of hydrogen-bond donors (Lipinski definition) is 1. The molecule has 0 bridgehead atoms. The van der Waals surface area contributed by atoms with E-state index in [4.69, 9.17) is 9.47 Å². The van der Waals surface area contributed by atoms with E-state index in [9.17, 15) is 14.0 Å². The minimum Gasteiger partial charge on any atom is -0.353 e. The number of carbonyl (C=O) groups is 2. The third-order valence-electron chi connectivity index (χ3n) is 16.8. The predicted octanol–water partition coefficient (Wildman–Crippen LogP) is 5.89. The number of ether oxygens (including phenoxy) is 2. The Hall–Kier alpha value is -1.29. The topological polar surface area (TPSA) is 74.3 Å². The van der Waals surface area contributed by atoms with E-state index < -0.39 is 0 Å². The maximum absolute atomic E-state index is 13.2. The molecule has 0 radical (unpaired) electrons. The number of likely N-dealkylation sites (tertiary alicyclic amines) is 1. The first-order valence-electron chi connectivity index (χ1n) is 20.9. The van der Waals surface area contributed by atoms with Crippen LogP contribution in [0.2, 0.25) is 0 Å². The highest BCUT2D eigenvalue weighted by molar-refractivity contribution is 5.97. The van der Waals surface area contributed by atoms with Crippen molar-refractivity contribution in [2.45, 2.75) is 135 Å². The fourth-order valence-corrected chi connectivity index (χ4v) is 13.9. The van der Waals surface area contributed by atoms with E-state index >= 15 is 0 Å². The summed E-state index contributed by atoms with van der Waals surface area (Å²) in [4.78, 5) is 33.0. The number of rotatable bonds is 6. The van der Waals surface area contributed by atoms with Gasteiger partial charge in [0.2, 0.25) is 11.8 Å². The molecule has 8 rings (SSSR count). The number of carbonyl (C=O) groups excluding carboxylic acids is 2. The summed E-state index contributed by atoms with van der Waals surface area (Å²) in [6.45, 7) is 16.4. The van der Waals surface area contributed by atoms with Crippen molar-refractivity contribution < 1.29 is 23.5 Å². The first kappa shape index (κ1) is 35.7. The maximum atomic E-state index is 13.2. The lowest BCUT2D eigenvalue weighted by Crippen LogP contribution is -2.56. The van der Waals surface area contributed by atoms with E-state index in [1.807, 2.05) is 4.90 Å². The van der Waals surface area contributed by atoms with Crippen molar-refractivity contribution >= 4 is 11.8 Å². The Bertz CT molecular complexity index is 1240. The van der Waals surface area contributed by atoms with Gasteiger partial charge >= 0.3 is 0 Å². The SMILES string of the molecule is C[C@@H]1CC[C@@]2(OC1)O[C@H]1C[C@H]3[C@@H]4CC[C@@H]5CC(NC(=O)CC(=O)N6CCC(N7CCN(CCF)CC7)CC6)CC[C@]5(C)C4CC[C@]3(C)[C@H]1[C@@H]2C. The first-order valence-corrected chi connectivity index (χ1v) is 20.9. The summed E-state index contributed by atoms with van der Waals surface area (Å²) in [5.41, 5.74) is 0.698. The number of piperidine rings is 1. The fourth-order valence-electron chi connectivity index (χ4n) is 13.9. The third kappa shape index (κ3) is 6.18. The second-order valence-corrected chi connectivity index (χ2v) is 19.1. The van der Waals surface area contributed by atoms with Gasteiger partial charge in [-0.05, 0) is 117 Å². The van der Waals surface area contributed by atoms with Crippen LogP contribution in [0.3, 0.4) is 0 Å². The van der Waals surface area contributed by atoms with Gasteiger partial charge in [0.05, 0.1) is 12.7 Å². The summed E-state index contributed by atoms with van der Waals surface area (Å²) >= 11 is 0. The molecule has 4 saturated heterocycles. The molecule has 0 aromatic carbocycles. The van der Waals surface area contributed by atoms with Crippen molar-refractivity contribution in [3.05, 3.63) is 0 Å². The minimum atomic E-state index is -0.338. The first-order chi connectivity index (χ1) is 24.0. The zero-order chi connectivity index (χ0) is 34.8. The molecule has 9 heteroatoms. The van der Waals surface area contributed by atoms with Crippen LogP contribution in [0.4, 0.5) is 4.39 Å². The van der Waals surface area contributed by atoms with Crippen LogP contribution in [0.15, 0.2) is 0 Å². The number of alkyl halides is 1. The van der Waals surface area contributed by atoms with E-state index in [0.29, 0.717) is 53.2 Å². The molecular formula is C41H67FN4O4. The second kappa shape index (κ2) is 13.8. The molecule has 2 amide bonds. The molecule has 0 aromatic heterocycles. The molecule has 50 heavy (non-hydrogen) atoms. The van der Waals surface area contributed by atoms with Crippen molar-refractivity contribution in [3.8, 4) is 0 Å². The summed E-state index contributed by atoms with van der Waals surface area (Å²) in [6.07, 6.45) is 14.3. The fraction of sp³-hybridized carbons (Fsp3) is 0.951. The van der Waals surface area contributed by atoms with Gasteiger partial charge in [-0.1, -0.05) is 27.7 Å². The Morgan fingerprint density at radius 1 is 0.840 bits per heavy atom. The lowest BCUT2D eigenvalue weighted by Gasteiger charge is -2.61. The zero-order valence-electron chi connectivity index (χ0n) is 31.7. The molecule has 4 saturated carbocycles. The van der Waals surface area contributed by atoms with Crippen LogP contribution in [-0.2, 0) is 19.1 Å². The van der Waals surface area contributed by atoms with Gasteiger partial charge < -0.3 is 19.7 Å².